The fourth-order valence-electron chi connectivity index (χ4n) is 2.89. The topological polar surface area (TPSA) is 63.9 Å². The summed E-state index contributed by atoms with van der Waals surface area (Å²) in [5, 5.41) is 4.17. The van der Waals surface area contributed by atoms with Gasteiger partial charge in [-0.25, -0.2) is 0 Å². The molecule has 1 aliphatic rings. The smallest absolute Gasteiger partial charge is 0.257 e. The fourth-order valence-corrected chi connectivity index (χ4v) is 2.89. The molecule has 3 heterocycles. The molecule has 0 aliphatic carbocycles. The summed E-state index contributed by atoms with van der Waals surface area (Å²) in [4.78, 5) is 23.2. The van der Waals surface area contributed by atoms with E-state index in [1.165, 1.54) is 0 Å². The summed E-state index contributed by atoms with van der Waals surface area (Å²) in [6.45, 7) is 6.27. The Morgan fingerprint density at radius 2 is 2.05 bits per heavy atom. The normalized spacial score (nSPS) is 16.0. The summed E-state index contributed by atoms with van der Waals surface area (Å²) in [7, 11) is 0. The van der Waals surface area contributed by atoms with E-state index in [0.29, 0.717) is 11.5 Å². The van der Waals surface area contributed by atoms with Gasteiger partial charge in [-0.3, -0.25) is 19.4 Å². The number of aryl methyl sites for hydroxylation is 2. The summed E-state index contributed by atoms with van der Waals surface area (Å²) in [5.41, 5.74) is 2.67. The van der Waals surface area contributed by atoms with Crippen molar-refractivity contribution in [2.24, 2.45) is 0 Å². The number of likely N-dealkylation sites (tertiary alicyclic amines) is 1. The highest BCUT2D eigenvalue weighted by Gasteiger charge is 2.26. The molecule has 1 saturated heterocycles. The molecule has 6 heteroatoms. The van der Waals surface area contributed by atoms with Crippen LogP contribution >= 0.6 is 0 Å². The van der Waals surface area contributed by atoms with Crippen molar-refractivity contribution in [2.75, 3.05) is 13.1 Å². The molecule has 0 spiro atoms. The van der Waals surface area contributed by atoms with Gasteiger partial charge in [-0.1, -0.05) is 0 Å². The summed E-state index contributed by atoms with van der Waals surface area (Å²) in [5.74, 6) is 0.475. The van der Waals surface area contributed by atoms with Crippen LogP contribution in [-0.2, 0) is 6.54 Å². The van der Waals surface area contributed by atoms with Gasteiger partial charge in [-0.05, 0) is 26.7 Å². The van der Waals surface area contributed by atoms with Crippen molar-refractivity contribution in [3.63, 3.8) is 0 Å². The molecule has 0 atom stereocenters. The third kappa shape index (κ3) is 3.00. The average Bonchev–Trinajstić information content (AvgIpc) is 3.03. The molecule has 116 valence electrons. The minimum atomic E-state index is 0.0773. The van der Waals surface area contributed by atoms with E-state index in [1.54, 1.807) is 17.1 Å². The van der Waals surface area contributed by atoms with Gasteiger partial charge in [0.1, 0.15) is 0 Å². The van der Waals surface area contributed by atoms with Crippen LogP contribution in [0.4, 0.5) is 0 Å². The van der Waals surface area contributed by atoms with Crippen LogP contribution in [0.15, 0.2) is 24.8 Å². The van der Waals surface area contributed by atoms with Crippen molar-refractivity contribution in [1.82, 2.24) is 24.6 Å². The maximum Gasteiger partial charge on any atom is 0.257 e. The van der Waals surface area contributed by atoms with Crippen LogP contribution in [0.25, 0.3) is 0 Å². The SMILES string of the molecule is CCn1cc(C(=O)N2CCC(c3cncc(C)n3)CC2)cn1. The predicted octanol–water partition coefficient (Wildman–Crippen LogP) is 2.02. The molecule has 0 aromatic carbocycles. The molecule has 0 bridgehead atoms. The third-order valence-electron chi connectivity index (χ3n) is 4.18. The molecule has 3 rings (SSSR count). The molecule has 6 nitrogen and oxygen atoms in total. The maximum atomic E-state index is 12.5. The molecule has 1 aliphatic heterocycles. The zero-order valence-electron chi connectivity index (χ0n) is 13.1. The molecular weight excluding hydrogens is 278 g/mol. The van der Waals surface area contributed by atoms with Gasteiger partial charge in [0.15, 0.2) is 0 Å². The zero-order chi connectivity index (χ0) is 15.5. The number of carbonyl (C=O) groups is 1. The van der Waals surface area contributed by atoms with Gasteiger partial charge in [0.05, 0.1) is 23.1 Å². The molecular formula is C16H21N5O. The van der Waals surface area contributed by atoms with Crippen LogP contribution in [0, 0.1) is 6.92 Å². The Balaban J connectivity index is 1.62. The Kier molecular flexibility index (Phi) is 4.18. The Labute approximate surface area is 130 Å². The lowest BCUT2D eigenvalue weighted by Crippen LogP contribution is -2.38. The first-order chi connectivity index (χ1) is 10.7. The van der Waals surface area contributed by atoms with Gasteiger partial charge in [0.25, 0.3) is 5.91 Å². The second kappa shape index (κ2) is 6.25. The number of piperidine rings is 1. The first-order valence-corrected chi connectivity index (χ1v) is 7.77. The molecule has 22 heavy (non-hydrogen) atoms. The van der Waals surface area contributed by atoms with Gasteiger partial charge in [0.2, 0.25) is 0 Å². The number of hydrogen-bond donors (Lipinski definition) is 0. The Morgan fingerprint density at radius 3 is 2.68 bits per heavy atom. The van der Waals surface area contributed by atoms with Crippen LogP contribution in [0.3, 0.4) is 0 Å². The Hall–Kier alpha value is -2.24. The minimum Gasteiger partial charge on any atom is -0.339 e. The molecule has 1 amide bonds. The second-order valence-electron chi connectivity index (χ2n) is 5.74. The zero-order valence-corrected chi connectivity index (χ0v) is 13.1. The molecule has 2 aromatic rings. The van der Waals surface area contributed by atoms with E-state index in [4.69, 9.17) is 0 Å². The van der Waals surface area contributed by atoms with E-state index in [9.17, 15) is 4.79 Å². The monoisotopic (exact) mass is 299 g/mol. The molecule has 0 radical (unpaired) electrons. The van der Waals surface area contributed by atoms with E-state index >= 15 is 0 Å². The standard InChI is InChI=1S/C16H21N5O/c1-3-21-11-14(9-18-21)16(22)20-6-4-13(5-7-20)15-10-17-8-12(2)19-15/h8-11,13H,3-7H2,1-2H3. The average molecular weight is 299 g/mol. The molecule has 0 saturated carbocycles. The van der Waals surface area contributed by atoms with Gasteiger partial charge >= 0.3 is 0 Å². The number of amides is 1. The van der Waals surface area contributed by atoms with Crippen LogP contribution in [0.1, 0.15) is 47.4 Å². The second-order valence-corrected chi connectivity index (χ2v) is 5.74. The van der Waals surface area contributed by atoms with Gasteiger partial charge in [0, 0.05) is 44.1 Å². The van der Waals surface area contributed by atoms with E-state index < -0.39 is 0 Å². The molecule has 0 N–H and O–H groups in total. The van der Waals surface area contributed by atoms with E-state index in [2.05, 4.69) is 15.1 Å². The lowest BCUT2D eigenvalue weighted by molar-refractivity contribution is 0.0712. The van der Waals surface area contributed by atoms with E-state index in [-0.39, 0.29) is 5.91 Å². The lowest BCUT2D eigenvalue weighted by atomic mass is 9.93. The first kappa shape index (κ1) is 14.7. The molecule has 1 fully saturated rings. The fraction of sp³-hybridized carbons (Fsp3) is 0.500. The van der Waals surface area contributed by atoms with Crippen molar-refractivity contribution in [3.8, 4) is 0 Å². The lowest BCUT2D eigenvalue weighted by Gasteiger charge is -2.31. The van der Waals surface area contributed by atoms with Crippen molar-refractivity contribution in [3.05, 3.63) is 41.7 Å². The quantitative estimate of drug-likeness (QED) is 0.870. The van der Waals surface area contributed by atoms with Crippen LogP contribution in [0.2, 0.25) is 0 Å². The van der Waals surface area contributed by atoms with Crippen molar-refractivity contribution in [1.29, 1.82) is 0 Å². The maximum absolute atomic E-state index is 12.5. The number of carbonyl (C=O) groups excluding carboxylic acids is 1. The number of hydrogen-bond acceptors (Lipinski definition) is 4. The summed E-state index contributed by atoms with van der Waals surface area (Å²) < 4.78 is 1.78. The van der Waals surface area contributed by atoms with E-state index in [0.717, 1.165) is 43.9 Å². The molecule has 2 aromatic heterocycles. The number of nitrogens with zero attached hydrogens (tertiary/aromatic N) is 5. The van der Waals surface area contributed by atoms with Gasteiger partial charge < -0.3 is 4.90 Å². The van der Waals surface area contributed by atoms with Crippen molar-refractivity contribution in [2.45, 2.75) is 39.2 Å². The first-order valence-electron chi connectivity index (χ1n) is 7.77. The summed E-state index contributed by atoms with van der Waals surface area (Å²) in [6.07, 6.45) is 8.97. The van der Waals surface area contributed by atoms with Crippen molar-refractivity contribution < 1.29 is 4.79 Å². The number of rotatable bonds is 3. The molecule has 0 unspecified atom stereocenters. The third-order valence-corrected chi connectivity index (χ3v) is 4.18. The van der Waals surface area contributed by atoms with Crippen LogP contribution in [-0.4, -0.2) is 43.6 Å². The predicted molar refractivity (Wildman–Crippen MR) is 82.5 cm³/mol. The number of aromatic nitrogens is 4. The van der Waals surface area contributed by atoms with Crippen LogP contribution in [0.5, 0.6) is 0 Å². The highest BCUT2D eigenvalue weighted by molar-refractivity contribution is 5.93. The minimum absolute atomic E-state index is 0.0773. The highest BCUT2D eigenvalue weighted by Crippen LogP contribution is 2.27. The summed E-state index contributed by atoms with van der Waals surface area (Å²) >= 11 is 0. The largest absolute Gasteiger partial charge is 0.339 e. The van der Waals surface area contributed by atoms with Crippen LogP contribution < -0.4 is 0 Å². The van der Waals surface area contributed by atoms with E-state index in [1.807, 2.05) is 31.1 Å². The Morgan fingerprint density at radius 1 is 1.27 bits per heavy atom. The van der Waals surface area contributed by atoms with Gasteiger partial charge in [-0.2, -0.15) is 5.10 Å². The highest BCUT2D eigenvalue weighted by atomic mass is 16.2. The van der Waals surface area contributed by atoms with Gasteiger partial charge in [-0.15, -0.1) is 0 Å². The van der Waals surface area contributed by atoms with Crippen molar-refractivity contribution >= 4 is 5.91 Å². The summed E-state index contributed by atoms with van der Waals surface area (Å²) in [6, 6.07) is 0. The Bertz CT molecular complexity index is 658.